The second kappa shape index (κ2) is 22.5. The van der Waals surface area contributed by atoms with Gasteiger partial charge in [0, 0.05) is 6.42 Å². The van der Waals surface area contributed by atoms with Crippen molar-refractivity contribution in [2.24, 2.45) is 0 Å². The molecule has 0 spiro atoms. The minimum atomic E-state index is 0.111. The molecule has 0 aromatic heterocycles. The van der Waals surface area contributed by atoms with Crippen LogP contribution < -0.4 is 0 Å². The number of aldehydes is 1. The van der Waals surface area contributed by atoms with Crippen molar-refractivity contribution < 1.29 is 4.79 Å². The van der Waals surface area contributed by atoms with Crippen LogP contribution >= 0.6 is 34.8 Å². The predicted octanol–water partition coefficient (Wildman–Crippen LogP) is 4.29. The van der Waals surface area contributed by atoms with E-state index in [4.69, 9.17) is 34.8 Å². The fraction of sp³-hybridized carbons (Fsp3) is 0.375. The maximum absolute atomic E-state index is 9.40. The summed E-state index contributed by atoms with van der Waals surface area (Å²) in [6.45, 7) is 8.19. The predicted molar refractivity (Wildman–Crippen MR) is 57.9 cm³/mol. The summed E-state index contributed by atoms with van der Waals surface area (Å²) in [7, 11) is 0. The van der Waals surface area contributed by atoms with E-state index >= 15 is 0 Å². The molecule has 0 heterocycles. The first kappa shape index (κ1) is 17.9. The van der Waals surface area contributed by atoms with Gasteiger partial charge in [0.2, 0.25) is 0 Å². The van der Waals surface area contributed by atoms with Crippen LogP contribution in [0, 0.1) is 0 Å². The van der Waals surface area contributed by atoms with Gasteiger partial charge in [-0.15, -0.1) is 0 Å². The van der Waals surface area contributed by atoms with Gasteiger partial charge in [0.1, 0.15) is 6.29 Å². The largest absolute Gasteiger partial charge is 0.303 e. The molecule has 0 N–H and O–H groups in total. The van der Waals surface area contributed by atoms with Crippen molar-refractivity contribution in [3.05, 3.63) is 23.2 Å². The van der Waals surface area contributed by atoms with Crippen molar-refractivity contribution in [2.75, 3.05) is 0 Å². The molecule has 1 nitrogen and oxygen atoms in total. The Balaban J connectivity index is -0.000000105. The van der Waals surface area contributed by atoms with E-state index in [0.29, 0.717) is 6.42 Å². The molecule has 0 amide bonds. The van der Waals surface area contributed by atoms with Crippen LogP contribution in [0.5, 0.6) is 0 Å². The molecular weight excluding hydrogens is 218 g/mol. The van der Waals surface area contributed by atoms with E-state index in [1.807, 2.05) is 6.92 Å². The van der Waals surface area contributed by atoms with E-state index in [2.05, 4.69) is 13.2 Å². The lowest BCUT2D eigenvalue weighted by Crippen LogP contribution is -1.64. The van der Waals surface area contributed by atoms with Gasteiger partial charge in [-0.05, 0) is 12.0 Å². The Morgan fingerprint density at radius 1 is 1.50 bits per heavy atom. The molecule has 0 atom stereocenters. The number of rotatable bonds is 2. The summed E-state index contributed by atoms with van der Waals surface area (Å²) >= 11 is 14.5. The molecule has 72 valence electrons. The molecule has 0 radical (unpaired) electrons. The highest BCUT2D eigenvalue weighted by Crippen LogP contribution is 1.98. The number of carbonyl (C=O) groups excluding carboxylic acids is 1. The number of carbonyl (C=O) groups is 1. The van der Waals surface area contributed by atoms with Crippen LogP contribution in [0.25, 0.3) is 0 Å². The Morgan fingerprint density at radius 3 is 1.75 bits per heavy atom. The molecule has 0 fully saturated rings. The van der Waals surface area contributed by atoms with Crippen LogP contribution in [0.15, 0.2) is 23.2 Å². The Hall–Kier alpha value is 0.0200. The zero-order chi connectivity index (χ0) is 10.4. The van der Waals surface area contributed by atoms with Crippen LogP contribution in [0.3, 0.4) is 0 Å². The van der Waals surface area contributed by atoms with Crippen molar-refractivity contribution in [3.8, 4) is 0 Å². The lowest BCUT2D eigenvalue weighted by atomic mass is 10.4. The SMILES string of the molecule is C=C(Cl)Cl.C=CCl.CCCC=O. The summed E-state index contributed by atoms with van der Waals surface area (Å²) in [5.41, 5.74) is 1.22. The third kappa shape index (κ3) is 200. The molecule has 0 aliphatic heterocycles. The highest BCUT2D eigenvalue weighted by molar-refractivity contribution is 6.55. The average Bonchev–Trinajstić information content (AvgIpc) is 1.89. The van der Waals surface area contributed by atoms with Crippen molar-refractivity contribution in [2.45, 2.75) is 19.8 Å². The number of unbranched alkanes of at least 4 members (excludes halogenated alkanes) is 1. The van der Waals surface area contributed by atoms with Crippen molar-refractivity contribution in [3.63, 3.8) is 0 Å². The molecule has 0 saturated carbocycles. The Kier molecular flexibility index (Phi) is 33.6. The topological polar surface area (TPSA) is 17.1 Å². The molecule has 0 saturated heterocycles. The quantitative estimate of drug-likeness (QED) is 0.648. The van der Waals surface area contributed by atoms with Crippen molar-refractivity contribution in [1.82, 2.24) is 0 Å². The van der Waals surface area contributed by atoms with Crippen LogP contribution in [0.1, 0.15) is 19.8 Å². The van der Waals surface area contributed by atoms with Crippen molar-refractivity contribution >= 4 is 41.1 Å². The van der Waals surface area contributed by atoms with Crippen LogP contribution in [-0.4, -0.2) is 6.29 Å². The second-order valence-corrected chi connectivity index (χ2v) is 2.86. The summed E-state index contributed by atoms with van der Waals surface area (Å²) in [6.07, 6.45) is 2.61. The number of hydrogen-bond donors (Lipinski definition) is 0. The summed E-state index contributed by atoms with van der Waals surface area (Å²) in [4.78, 5) is 9.40. The fourth-order valence-corrected chi connectivity index (χ4v) is 0.118. The van der Waals surface area contributed by atoms with Gasteiger partial charge in [0.05, 0.1) is 4.49 Å². The van der Waals surface area contributed by atoms with Crippen LogP contribution in [-0.2, 0) is 4.79 Å². The first-order valence-electron chi connectivity index (χ1n) is 3.21. The molecule has 0 aromatic carbocycles. The highest BCUT2D eigenvalue weighted by Gasteiger charge is 1.66. The summed E-state index contributed by atoms with van der Waals surface area (Å²) in [6, 6.07) is 0. The minimum Gasteiger partial charge on any atom is -0.303 e. The highest BCUT2D eigenvalue weighted by atomic mass is 35.5. The van der Waals surface area contributed by atoms with E-state index in [1.54, 1.807) is 0 Å². The summed E-state index contributed by atoms with van der Waals surface area (Å²) < 4.78 is 0.111. The molecule has 0 aliphatic rings. The van der Waals surface area contributed by atoms with E-state index in [0.717, 1.165) is 12.7 Å². The molecular formula is C8H13Cl3O. The Bertz CT molecular complexity index is 109. The molecule has 12 heavy (non-hydrogen) atoms. The summed E-state index contributed by atoms with van der Waals surface area (Å²) in [5.74, 6) is 0. The zero-order valence-electron chi connectivity index (χ0n) is 7.03. The molecule has 4 heteroatoms. The fourth-order valence-electron chi connectivity index (χ4n) is 0.118. The maximum atomic E-state index is 9.40. The molecule has 0 aliphatic carbocycles. The van der Waals surface area contributed by atoms with E-state index in [1.165, 1.54) is 5.54 Å². The van der Waals surface area contributed by atoms with Crippen molar-refractivity contribution in [1.29, 1.82) is 0 Å². The zero-order valence-corrected chi connectivity index (χ0v) is 9.29. The van der Waals surface area contributed by atoms with Gasteiger partial charge < -0.3 is 4.79 Å². The maximum Gasteiger partial charge on any atom is 0.119 e. The van der Waals surface area contributed by atoms with Crippen LogP contribution in [0.2, 0.25) is 0 Å². The Morgan fingerprint density at radius 2 is 1.75 bits per heavy atom. The van der Waals surface area contributed by atoms with E-state index in [9.17, 15) is 4.79 Å². The molecule has 0 aromatic rings. The van der Waals surface area contributed by atoms with Gasteiger partial charge in [-0.3, -0.25) is 0 Å². The van der Waals surface area contributed by atoms with Gasteiger partial charge in [-0.25, -0.2) is 0 Å². The molecule has 0 bridgehead atoms. The number of hydrogen-bond acceptors (Lipinski definition) is 1. The minimum absolute atomic E-state index is 0.111. The summed E-state index contributed by atoms with van der Waals surface area (Å²) in [5, 5.41) is 0. The van der Waals surface area contributed by atoms with Gasteiger partial charge >= 0.3 is 0 Å². The van der Waals surface area contributed by atoms with Gasteiger partial charge in [0.25, 0.3) is 0 Å². The number of halogens is 3. The normalized spacial score (nSPS) is 6.33. The first-order valence-corrected chi connectivity index (χ1v) is 4.40. The third-order valence-electron chi connectivity index (χ3n) is 0.407. The average molecular weight is 232 g/mol. The third-order valence-corrected chi connectivity index (χ3v) is 0.407. The van der Waals surface area contributed by atoms with Gasteiger partial charge in [-0.2, -0.15) is 0 Å². The standard InChI is InChI=1S/C4H8O.C2H2Cl2.C2H3Cl/c1-2-3-4-5;1-2(3)4;1-2-3/h4H,2-3H2,1H3;1H2;2H,1H2. The van der Waals surface area contributed by atoms with Gasteiger partial charge in [0.15, 0.2) is 0 Å². The molecule has 0 unspecified atom stereocenters. The van der Waals surface area contributed by atoms with Crippen LogP contribution in [0.4, 0.5) is 0 Å². The monoisotopic (exact) mass is 230 g/mol. The second-order valence-electron chi connectivity index (χ2n) is 1.45. The lowest BCUT2D eigenvalue weighted by Gasteiger charge is -1.68. The lowest BCUT2D eigenvalue weighted by molar-refractivity contribution is -0.107. The Labute approximate surface area is 89.0 Å². The first-order chi connectivity index (χ1) is 5.56. The van der Waals surface area contributed by atoms with Gasteiger partial charge in [-0.1, -0.05) is 54.9 Å². The van der Waals surface area contributed by atoms with E-state index in [-0.39, 0.29) is 4.49 Å². The molecule has 0 rings (SSSR count). The smallest absolute Gasteiger partial charge is 0.119 e. The van der Waals surface area contributed by atoms with E-state index < -0.39 is 0 Å².